The largest absolute Gasteiger partial charge is 0.495 e. The number of methoxy groups -OCH3 is 1. The van der Waals surface area contributed by atoms with Crippen LogP contribution in [0.1, 0.15) is 18.9 Å². The van der Waals surface area contributed by atoms with E-state index in [0.29, 0.717) is 29.9 Å². The maximum absolute atomic E-state index is 14.9. The number of halogens is 2. The molecule has 0 radical (unpaired) electrons. The topological polar surface area (TPSA) is 132 Å². The first-order valence-electron chi connectivity index (χ1n) is 15.4. The van der Waals surface area contributed by atoms with Crippen molar-refractivity contribution in [3.8, 4) is 29.0 Å². The Bertz CT molecular complexity index is 1560. The maximum atomic E-state index is 14.9. The third kappa shape index (κ3) is 7.13. The van der Waals surface area contributed by atoms with Gasteiger partial charge in [-0.1, -0.05) is 0 Å². The number of β-amino-alcohol motifs (C(OH)–C–C–N with tert-alkyl or cyclic N) is 1. The van der Waals surface area contributed by atoms with Crippen LogP contribution in [0.15, 0.2) is 42.7 Å². The molecule has 0 unspecified atom stereocenters. The van der Waals surface area contributed by atoms with Crippen LogP contribution in [0.2, 0.25) is 0 Å². The van der Waals surface area contributed by atoms with E-state index in [-0.39, 0.29) is 24.3 Å². The highest BCUT2D eigenvalue weighted by Gasteiger charge is 2.46. The van der Waals surface area contributed by atoms with Gasteiger partial charge in [0.1, 0.15) is 23.9 Å². The van der Waals surface area contributed by atoms with Crippen molar-refractivity contribution in [3.63, 3.8) is 0 Å². The molecule has 2 atom stereocenters. The Morgan fingerprint density at radius 1 is 1.11 bits per heavy atom. The molecule has 6 rings (SSSR count). The minimum atomic E-state index is -3.14. The summed E-state index contributed by atoms with van der Waals surface area (Å²) in [5, 5.41) is 22.6. The average Bonchev–Trinajstić information content (AvgIpc) is 3.01. The van der Waals surface area contributed by atoms with Gasteiger partial charge < -0.3 is 29.5 Å². The molecule has 0 bridgehead atoms. The van der Waals surface area contributed by atoms with Crippen molar-refractivity contribution in [3.05, 3.63) is 48.3 Å². The molecule has 3 aliphatic rings. The molecular weight excluding hydrogens is 598 g/mol. The van der Waals surface area contributed by atoms with Gasteiger partial charge >= 0.3 is 0 Å². The van der Waals surface area contributed by atoms with E-state index in [4.69, 9.17) is 14.2 Å². The van der Waals surface area contributed by atoms with E-state index >= 15 is 0 Å². The summed E-state index contributed by atoms with van der Waals surface area (Å²) >= 11 is 0. The van der Waals surface area contributed by atoms with E-state index in [2.05, 4.69) is 30.1 Å². The minimum Gasteiger partial charge on any atom is -0.495 e. The monoisotopic (exact) mass is 636 g/mol. The molecule has 12 nitrogen and oxygen atoms in total. The highest BCUT2D eigenvalue weighted by molar-refractivity contribution is 5.68. The number of hydrogen-bond acceptors (Lipinski definition) is 12. The first-order valence-corrected chi connectivity index (χ1v) is 15.4. The number of aromatic nitrogens is 3. The lowest BCUT2D eigenvalue weighted by Crippen LogP contribution is -2.56. The quantitative estimate of drug-likeness (QED) is 0.339. The van der Waals surface area contributed by atoms with Gasteiger partial charge in [0.2, 0.25) is 5.95 Å². The van der Waals surface area contributed by atoms with Gasteiger partial charge in [0, 0.05) is 63.0 Å². The van der Waals surface area contributed by atoms with Crippen molar-refractivity contribution < 1.29 is 28.1 Å². The molecule has 14 heteroatoms. The number of hydrogen-bond donors (Lipinski definition) is 2. The van der Waals surface area contributed by atoms with Crippen molar-refractivity contribution in [1.82, 2.24) is 24.8 Å². The fourth-order valence-electron chi connectivity index (χ4n) is 6.08. The first-order chi connectivity index (χ1) is 22.2. The summed E-state index contributed by atoms with van der Waals surface area (Å²) < 4.78 is 46.6. The van der Waals surface area contributed by atoms with Gasteiger partial charge in [-0.2, -0.15) is 10.2 Å². The standard InChI is InChI=1S/C32H38F2N8O4/c1-21(43)16-40-8-7-29(32(33,34)19-40)46-27-6-3-22(13-23(27)15-35)30-36-20-37-31(39-30)38-24-4-5-26(28(14-24)44-2)42-11-9-41(10-12-42)25-17-45-18-25/h3-6,13-14,20-21,25,29,43H,7-12,16-19H2,1-2H3,(H,36,37,38,39)/t21-,29-/m0/s1. The number of benzene rings is 2. The second kappa shape index (κ2) is 13.7. The molecule has 3 aliphatic heterocycles. The zero-order chi connectivity index (χ0) is 32.3. The molecule has 0 saturated carbocycles. The SMILES string of the molecule is COc1cc(Nc2ncnc(-c3ccc(O[C@H]4CCN(C[C@H](C)O)CC4(F)F)c(C#N)c3)n2)ccc1N1CCN(C2COC2)CC1. The van der Waals surface area contributed by atoms with Crippen LogP contribution < -0.4 is 19.7 Å². The lowest BCUT2D eigenvalue weighted by molar-refractivity contribution is -0.142. The van der Waals surface area contributed by atoms with Gasteiger partial charge in [-0.25, -0.2) is 18.7 Å². The van der Waals surface area contributed by atoms with Gasteiger partial charge in [0.05, 0.1) is 50.3 Å². The molecule has 0 amide bonds. The summed E-state index contributed by atoms with van der Waals surface area (Å²) in [5.74, 6) is -1.76. The van der Waals surface area contributed by atoms with Gasteiger partial charge in [-0.15, -0.1) is 0 Å². The molecule has 2 aromatic carbocycles. The molecular formula is C32H38F2N8O4. The molecule has 0 spiro atoms. The Kier molecular flexibility index (Phi) is 9.46. The number of aliphatic hydroxyl groups is 1. The third-order valence-corrected chi connectivity index (χ3v) is 8.56. The van der Waals surface area contributed by atoms with Crippen LogP contribution in [0.3, 0.4) is 0 Å². The lowest BCUT2D eigenvalue weighted by Gasteiger charge is -2.43. The van der Waals surface area contributed by atoms with Crippen LogP contribution in [-0.2, 0) is 4.74 Å². The Labute approximate surface area is 266 Å². The summed E-state index contributed by atoms with van der Waals surface area (Å²) in [7, 11) is 1.65. The summed E-state index contributed by atoms with van der Waals surface area (Å²) in [6.45, 7) is 6.94. The van der Waals surface area contributed by atoms with E-state index in [9.17, 15) is 19.1 Å². The highest BCUT2D eigenvalue weighted by atomic mass is 19.3. The zero-order valence-electron chi connectivity index (χ0n) is 25.9. The van der Waals surface area contributed by atoms with E-state index in [1.54, 1.807) is 20.1 Å². The zero-order valence-corrected chi connectivity index (χ0v) is 25.9. The van der Waals surface area contributed by atoms with Crippen LogP contribution in [0.5, 0.6) is 11.5 Å². The minimum absolute atomic E-state index is 0.0630. The molecule has 3 fully saturated rings. The predicted molar refractivity (Wildman–Crippen MR) is 167 cm³/mol. The van der Waals surface area contributed by atoms with Crippen LogP contribution in [0.25, 0.3) is 11.4 Å². The number of anilines is 3. The molecule has 3 saturated heterocycles. The average molecular weight is 637 g/mol. The van der Waals surface area contributed by atoms with Crippen molar-refractivity contribution in [2.24, 2.45) is 0 Å². The Morgan fingerprint density at radius 2 is 1.91 bits per heavy atom. The van der Waals surface area contributed by atoms with Gasteiger partial charge in [0.25, 0.3) is 5.92 Å². The van der Waals surface area contributed by atoms with E-state index in [1.807, 2.05) is 24.3 Å². The number of likely N-dealkylation sites (tertiary alicyclic amines) is 1. The van der Waals surface area contributed by atoms with Crippen LogP contribution in [0.4, 0.5) is 26.1 Å². The van der Waals surface area contributed by atoms with E-state index < -0.39 is 24.7 Å². The number of alkyl halides is 2. The smallest absolute Gasteiger partial charge is 0.296 e. The Hall–Kier alpha value is -4.16. The molecule has 1 aromatic heterocycles. The fraction of sp³-hybridized carbons (Fsp3) is 0.500. The molecule has 2 N–H and O–H groups in total. The second-order valence-electron chi connectivity index (χ2n) is 11.9. The number of aliphatic hydroxyl groups excluding tert-OH is 1. The summed E-state index contributed by atoms with van der Waals surface area (Å²) in [4.78, 5) is 19.4. The van der Waals surface area contributed by atoms with E-state index in [1.165, 1.54) is 23.4 Å². The first kappa shape index (κ1) is 31.8. The van der Waals surface area contributed by atoms with Crippen LogP contribution in [0, 0.1) is 11.3 Å². The normalized spacial score (nSPS) is 21.2. The third-order valence-electron chi connectivity index (χ3n) is 8.56. The molecule has 3 aromatic rings. The molecule has 4 heterocycles. The summed E-state index contributed by atoms with van der Waals surface area (Å²) in [6, 6.07) is 13.1. The number of nitrogens with zero attached hydrogens (tertiary/aromatic N) is 7. The molecule has 0 aliphatic carbocycles. The van der Waals surface area contributed by atoms with E-state index in [0.717, 1.165) is 56.5 Å². The Balaban J connectivity index is 1.12. The van der Waals surface area contributed by atoms with Crippen molar-refractivity contribution in [2.75, 3.05) is 76.4 Å². The Morgan fingerprint density at radius 3 is 2.59 bits per heavy atom. The number of ether oxygens (including phenoxy) is 3. The van der Waals surface area contributed by atoms with Crippen molar-refractivity contribution in [2.45, 2.75) is 37.5 Å². The number of piperidine rings is 1. The van der Waals surface area contributed by atoms with Gasteiger partial charge in [0.15, 0.2) is 11.9 Å². The van der Waals surface area contributed by atoms with Crippen molar-refractivity contribution in [1.29, 1.82) is 5.26 Å². The van der Waals surface area contributed by atoms with Gasteiger partial charge in [-0.3, -0.25) is 9.80 Å². The maximum Gasteiger partial charge on any atom is 0.296 e. The molecule has 46 heavy (non-hydrogen) atoms. The predicted octanol–water partition coefficient (Wildman–Crippen LogP) is 3.15. The molecule has 244 valence electrons. The highest BCUT2D eigenvalue weighted by Crippen LogP contribution is 2.35. The number of nitriles is 1. The van der Waals surface area contributed by atoms with Gasteiger partial charge in [-0.05, 0) is 37.3 Å². The van der Waals surface area contributed by atoms with Crippen LogP contribution >= 0.6 is 0 Å². The fourth-order valence-corrected chi connectivity index (χ4v) is 6.08. The second-order valence-corrected chi connectivity index (χ2v) is 11.9. The lowest BCUT2D eigenvalue weighted by atomic mass is 10.0. The number of rotatable bonds is 10. The summed E-state index contributed by atoms with van der Waals surface area (Å²) in [6.07, 6.45) is -0.669. The van der Waals surface area contributed by atoms with Crippen LogP contribution in [-0.4, -0.2) is 120 Å². The van der Waals surface area contributed by atoms with Crippen molar-refractivity contribution >= 4 is 17.3 Å². The number of nitrogens with one attached hydrogen (secondary N) is 1. The summed E-state index contributed by atoms with van der Waals surface area (Å²) in [5.41, 5.74) is 2.35. The number of piperazine rings is 1.